The third-order valence-electron chi connectivity index (χ3n) is 3.75. The fraction of sp³-hybridized carbons (Fsp3) is 0.150. The Morgan fingerprint density at radius 2 is 1.93 bits per heavy atom. The molecule has 0 spiro atoms. The Balaban J connectivity index is 1.66. The van der Waals surface area contributed by atoms with Crippen LogP contribution in [0.3, 0.4) is 0 Å². The van der Waals surface area contributed by atoms with Gasteiger partial charge in [-0.3, -0.25) is 5.10 Å². The predicted octanol–water partition coefficient (Wildman–Crippen LogP) is 4.82. The van der Waals surface area contributed by atoms with Gasteiger partial charge >= 0.3 is 5.97 Å². The van der Waals surface area contributed by atoms with Crippen molar-refractivity contribution in [1.29, 1.82) is 0 Å². The van der Waals surface area contributed by atoms with Gasteiger partial charge in [0.15, 0.2) is 0 Å². The van der Waals surface area contributed by atoms with Crippen LogP contribution in [0.2, 0.25) is 5.02 Å². The van der Waals surface area contributed by atoms with Crippen molar-refractivity contribution in [3.63, 3.8) is 0 Å². The number of halogens is 1. The molecule has 1 aromatic heterocycles. The molecule has 3 rings (SSSR count). The standard InChI is InChI=1S/C20H18ClN3O3S/c1-2-18-22-20(24-23-18)28-17(19(25)26)11-13-5-9-16(10-6-13)27-12-14-3-7-15(21)8-4-14/h3-11H,2,12H2,1H3,(H,25,26)(H,22,23,24)/b17-11-. The molecule has 0 fully saturated rings. The topological polar surface area (TPSA) is 88.1 Å². The van der Waals surface area contributed by atoms with E-state index < -0.39 is 5.97 Å². The van der Waals surface area contributed by atoms with Gasteiger partial charge in [-0.1, -0.05) is 42.8 Å². The minimum atomic E-state index is -1.03. The molecule has 0 saturated carbocycles. The van der Waals surface area contributed by atoms with Crippen molar-refractivity contribution in [2.45, 2.75) is 25.1 Å². The first-order chi connectivity index (χ1) is 13.5. The maximum Gasteiger partial charge on any atom is 0.342 e. The van der Waals surface area contributed by atoms with Crippen molar-refractivity contribution >= 4 is 35.4 Å². The Bertz CT molecular complexity index is 969. The van der Waals surface area contributed by atoms with E-state index in [1.54, 1.807) is 30.3 Å². The van der Waals surface area contributed by atoms with Crippen LogP contribution >= 0.6 is 23.4 Å². The van der Waals surface area contributed by atoms with Crippen molar-refractivity contribution in [2.24, 2.45) is 0 Å². The zero-order valence-electron chi connectivity index (χ0n) is 15.1. The lowest BCUT2D eigenvalue weighted by atomic mass is 10.2. The molecule has 2 aromatic carbocycles. The predicted molar refractivity (Wildman–Crippen MR) is 109 cm³/mol. The summed E-state index contributed by atoms with van der Waals surface area (Å²) in [4.78, 5) is 15.9. The van der Waals surface area contributed by atoms with Crippen molar-refractivity contribution in [2.75, 3.05) is 0 Å². The van der Waals surface area contributed by atoms with Gasteiger partial charge in [0.05, 0.1) is 0 Å². The Morgan fingerprint density at radius 1 is 1.21 bits per heavy atom. The summed E-state index contributed by atoms with van der Waals surface area (Å²) in [5, 5.41) is 17.3. The summed E-state index contributed by atoms with van der Waals surface area (Å²) < 4.78 is 5.74. The second-order valence-electron chi connectivity index (χ2n) is 5.82. The number of aromatic nitrogens is 3. The number of nitrogens with one attached hydrogen (secondary N) is 1. The molecule has 0 aliphatic heterocycles. The number of aliphatic carboxylic acids is 1. The van der Waals surface area contributed by atoms with Gasteiger partial charge < -0.3 is 9.84 Å². The Kier molecular flexibility index (Phi) is 6.73. The first-order valence-electron chi connectivity index (χ1n) is 8.55. The largest absolute Gasteiger partial charge is 0.489 e. The van der Waals surface area contributed by atoms with Crippen LogP contribution in [0.15, 0.2) is 58.6 Å². The maximum atomic E-state index is 11.5. The molecule has 144 valence electrons. The summed E-state index contributed by atoms with van der Waals surface area (Å²) in [6.07, 6.45) is 2.29. The van der Waals surface area contributed by atoms with E-state index in [1.807, 2.05) is 31.2 Å². The number of carbonyl (C=O) groups is 1. The van der Waals surface area contributed by atoms with Gasteiger partial charge in [0.1, 0.15) is 23.1 Å². The van der Waals surface area contributed by atoms with E-state index in [4.69, 9.17) is 16.3 Å². The monoisotopic (exact) mass is 415 g/mol. The fourth-order valence-electron chi connectivity index (χ4n) is 2.27. The molecule has 28 heavy (non-hydrogen) atoms. The maximum absolute atomic E-state index is 11.5. The van der Waals surface area contributed by atoms with E-state index in [-0.39, 0.29) is 4.91 Å². The highest BCUT2D eigenvalue weighted by Gasteiger charge is 2.13. The molecule has 0 saturated heterocycles. The Hall–Kier alpha value is -2.77. The molecule has 0 bridgehead atoms. The number of ether oxygens (including phenoxy) is 1. The third-order valence-corrected chi connectivity index (χ3v) is 4.88. The van der Waals surface area contributed by atoms with E-state index >= 15 is 0 Å². The first-order valence-corrected chi connectivity index (χ1v) is 9.74. The molecule has 2 N–H and O–H groups in total. The van der Waals surface area contributed by atoms with E-state index in [2.05, 4.69) is 15.2 Å². The number of carboxylic acids is 1. The van der Waals surface area contributed by atoms with Gasteiger partial charge in [0.25, 0.3) is 0 Å². The molecular formula is C20H18ClN3O3S. The number of H-pyrrole nitrogens is 1. The second-order valence-corrected chi connectivity index (χ2v) is 7.26. The zero-order chi connectivity index (χ0) is 19.9. The van der Waals surface area contributed by atoms with Crippen LogP contribution in [0, 0.1) is 0 Å². The molecule has 8 heteroatoms. The molecule has 1 heterocycles. The average Bonchev–Trinajstić information content (AvgIpc) is 3.16. The van der Waals surface area contributed by atoms with E-state index in [9.17, 15) is 9.90 Å². The zero-order valence-corrected chi connectivity index (χ0v) is 16.6. The second kappa shape index (κ2) is 9.43. The van der Waals surface area contributed by atoms with Crippen LogP contribution < -0.4 is 4.74 Å². The highest BCUT2D eigenvalue weighted by atomic mass is 35.5. The number of nitrogens with zero attached hydrogens (tertiary/aromatic N) is 2. The SMILES string of the molecule is CCc1nc(S/C(=C\c2ccc(OCc3ccc(Cl)cc3)cc2)C(=O)O)n[nH]1. The smallest absolute Gasteiger partial charge is 0.342 e. The Labute approximate surface area is 171 Å². The first kappa shape index (κ1) is 20.0. The van der Waals surface area contributed by atoms with Crippen molar-refractivity contribution in [3.05, 3.63) is 75.4 Å². The van der Waals surface area contributed by atoms with Crippen molar-refractivity contribution in [1.82, 2.24) is 15.2 Å². The lowest BCUT2D eigenvalue weighted by Crippen LogP contribution is -1.97. The summed E-state index contributed by atoms with van der Waals surface area (Å²) >= 11 is 6.88. The highest BCUT2D eigenvalue weighted by molar-refractivity contribution is 8.04. The number of hydrogen-bond donors (Lipinski definition) is 2. The minimum absolute atomic E-state index is 0.136. The van der Waals surface area contributed by atoms with Gasteiger partial charge in [0.2, 0.25) is 5.16 Å². The van der Waals surface area contributed by atoms with Gasteiger partial charge in [-0.05, 0) is 53.2 Å². The number of hydrogen-bond acceptors (Lipinski definition) is 5. The lowest BCUT2D eigenvalue weighted by molar-refractivity contribution is -0.131. The van der Waals surface area contributed by atoms with E-state index in [0.29, 0.717) is 29.0 Å². The van der Waals surface area contributed by atoms with Gasteiger partial charge in [-0.25, -0.2) is 9.78 Å². The number of carboxylic acid groups (broad SMARTS) is 1. The molecule has 3 aromatic rings. The molecule has 0 unspecified atom stereocenters. The lowest BCUT2D eigenvalue weighted by Gasteiger charge is -2.07. The van der Waals surface area contributed by atoms with Crippen LogP contribution in [-0.2, 0) is 17.8 Å². The van der Waals surface area contributed by atoms with E-state index in [0.717, 1.165) is 28.7 Å². The summed E-state index contributed by atoms with van der Waals surface area (Å²) in [6, 6.07) is 14.6. The summed E-state index contributed by atoms with van der Waals surface area (Å²) in [6.45, 7) is 2.37. The van der Waals surface area contributed by atoms with E-state index in [1.165, 1.54) is 0 Å². The number of rotatable bonds is 8. The van der Waals surface area contributed by atoms with Crippen LogP contribution in [0.4, 0.5) is 0 Å². The molecule has 6 nitrogen and oxygen atoms in total. The van der Waals surface area contributed by atoms with Crippen LogP contribution in [0.25, 0.3) is 6.08 Å². The van der Waals surface area contributed by atoms with Crippen LogP contribution in [0.5, 0.6) is 5.75 Å². The number of aryl methyl sites for hydroxylation is 1. The molecular weight excluding hydrogens is 398 g/mol. The molecule has 0 aliphatic carbocycles. The van der Waals surface area contributed by atoms with Gasteiger partial charge in [0, 0.05) is 11.4 Å². The average molecular weight is 416 g/mol. The van der Waals surface area contributed by atoms with Gasteiger partial charge in [-0.15, -0.1) is 5.10 Å². The highest BCUT2D eigenvalue weighted by Crippen LogP contribution is 2.26. The van der Waals surface area contributed by atoms with Crippen LogP contribution in [0.1, 0.15) is 23.9 Å². The van der Waals surface area contributed by atoms with Crippen molar-refractivity contribution in [3.8, 4) is 5.75 Å². The van der Waals surface area contributed by atoms with Crippen molar-refractivity contribution < 1.29 is 14.6 Å². The third kappa shape index (κ3) is 5.61. The summed E-state index contributed by atoms with van der Waals surface area (Å²) in [5.41, 5.74) is 1.76. The molecule has 0 radical (unpaired) electrons. The number of benzene rings is 2. The normalized spacial score (nSPS) is 11.4. The molecule has 0 aliphatic rings. The minimum Gasteiger partial charge on any atom is -0.489 e. The number of aromatic amines is 1. The summed E-state index contributed by atoms with van der Waals surface area (Å²) in [5.74, 6) is 0.378. The number of thioether (sulfide) groups is 1. The molecule has 0 amide bonds. The fourth-order valence-corrected chi connectivity index (χ4v) is 3.13. The van der Waals surface area contributed by atoms with Crippen LogP contribution in [-0.4, -0.2) is 26.3 Å². The summed E-state index contributed by atoms with van der Waals surface area (Å²) in [7, 11) is 0. The molecule has 0 atom stereocenters. The Morgan fingerprint density at radius 3 is 2.54 bits per heavy atom. The quantitative estimate of drug-likeness (QED) is 0.405. The van der Waals surface area contributed by atoms with Gasteiger partial charge in [-0.2, -0.15) is 0 Å².